The van der Waals surface area contributed by atoms with E-state index in [1.807, 2.05) is 12.1 Å². The number of allylic oxidation sites excluding steroid dienone is 6. The maximum absolute atomic E-state index is 12.0. The highest BCUT2D eigenvalue weighted by molar-refractivity contribution is 6.04. The van der Waals surface area contributed by atoms with E-state index in [1.165, 1.54) is 0 Å². The number of nitrogens with one attached hydrogen (secondary N) is 1. The van der Waals surface area contributed by atoms with Crippen LogP contribution in [-0.2, 0) is 0 Å². The van der Waals surface area contributed by atoms with Crippen molar-refractivity contribution >= 4 is 28.8 Å². The largest absolute Gasteiger partial charge is 0.356 e. The second-order valence-electron chi connectivity index (χ2n) is 6.31. The summed E-state index contributed by atoms with van der Waals surface area (Å²) in [6.07, 6.45) is 15.3. The van der Waals surface area contributed by atoms with Crippen molar-refractivity contribution in [3.8, 4) is 0 Å². The molecule has 4 rings (SSSR count). The van der Waals surface area contributed by atoms with E-state index in [0.717, 1.165) is 73.4 Å². The van der Waals surface area contributed by atoms with Crippen LogP contribution in [-0.4, -0.2) is 42.0 Å². The van der Waals surface area contributed by atoms with Gasteiger partial charge in [0.05, 0.1) is 5.56 Å². The number of anilines is 1. The van der Waals surface area contributed by atoms with Crippen molar-refractivity contribution in [2.45, 2.75) is 12.8 Å². The van der Waals surface area contributed by atoms with Crippen molar-refractivity contribution < 1.29 is 4.79 Å². The SMILES string of the molecule is O=Cc1c(N2CCCNCC2)n(C2=CC=CCC=C2)c2ncccc12. The average Bonchev–Trinajstić information content (AvgIpc) is 2.90. The summed E-state index contributed by atoms with van der Waals surface area (Å²) in [7, 11) is 0. The van der Waals surface area contributed by atoms with Crippen LogP contribution < -0.4 is 10.2 Å². The van der Waals surface area contributed by atoms with Crippen LogP contribution in [0.2, 0.25) is 0 Å². The second-order valence-corrected chi connectivity index (χ2v) is 6.31. The maximum atomic E-state index is 12.0. The molecule has 5 nitrogen and oxygen atoms in total. The smallest absolute Gasteiger partial charge is 0.154 e. The standard InChI is InChI=1S/C20H22N4O/c25-15-18-17-9-5-11-22-19(17)24(16-7-3-1-2-4-8-16)20(18)23-13-6-10-21-12-14-23/h1,3-5,7-9,11,15,21H,2,6,10,12-14H2. The van der Waals surface area contributed by atoms with Gasteiger partial charge in [0.15, 0.2) is 6.29 Å². The first-order valence-electron chi connectivity index (χ1n) is 8.84. The summed E-state index contributed by atoms with van der Waals surface area (Å²) >= 11 is 0. The van der Waals surface area contributed by atoms with Gasteiger partial charge in [-0.3, -0.25) is 9.36 Å². The summed E-state index contributed by atoms with van der Waals surface area (Å²) in [6.45, 7) is 3.74. The zero-order chi connectivity index (χ0) is 17.1. The molecule has 0 saturated carbocycles. The third-order valence-electron chi connectivity index (χ3n) is 4.72. The van der Waals surface area contributed by atoms with Gasteiger partial charge in [0.1, 0.15) is 11.5 Å². The predicted molar refractivity (Wildman–Crippen MR) is 102 cm³/mol. The first kappa shape index (κ1) is 15.8. The van der Waals surface area contributed by atoms with E-state index in [2.05, 4.69) is 50.1 Å². The quantitative estimate of drug-likeness (QED) is 0.877. The zero-order valence-electron chi connectivity index (χ0n) is 14.2. The molecule has 1 fully saturated rings. The topological polar surface area (TPSA) is 50.2 Å². The summed E-state index contributed by atoms with van der Waals surface area (Å²) in [6, 6.07) is 3.88. The van der Waals surface area contributed by atoms with Crippen molar-refractivity contribution in [1.29, 1.82) is 0 Å². The van der Waals surface area contributed by atoms with E-state index in [9.17, 15) is 4.79 Å². The molecule has 2 aliphatic rings. The van der Waals surface area contributed by atoms with Crippen LogP contribution in [0.15, 0.2) is 48.7 Å². The van der Waals surface area contributed by atoms with Gasteiger partial charge in [-0.05, 0) is 43.7 Å². The van der Waals surface area contributed by atoms with Crippen molar-refractivity contribution in [2.75, 3.05) is 31.1 Å². The molecule has 0 spiro atoms. The lowest BCUT2D eigenvalue weighted by Gasteiger charge is -2.25. The second kappa shape index (κ2) is 7.07. The van der Waals surface area contributed by atoms with Crippen molar-refractivity contribution in [3.05, 3.63) is 54.3 Å². The van der Waals surface area contributed by atoms with E-state index in [0.29, 0.717) is 0 Å². The molecule has 1 aliphatic heterocycles. The van der Waals surface area contributed by atoms with E-state index < -0.39 is 0 Å². The van der Waals surface area contributed by atoms with Gasteiger partial charge in [0.25, 0.3) is 0 Å². The Kier molecular flexibility index (Phi) is 4.48. The minimum atomic E-state index is 0.729. The molecule has 128 valence electrons. The average molecular weight is 334 g/mol. The number of carbonyl (C=O) groups is 1. The first-order chi connectivity index (χ1) is 12.4. The highest BCUT2D eigenvalue weighted by atomic mass is 16.1. The Balaban J connectivity index is 1.98. The van der Waals surface area contributed by atoms with Crippen LogP contribution in [0.25, 0.3) is 16.7 Å². The summed E-state index contributed by atoms with van der Waals surface area (Å²) < 4.78 is 2.14. The number of aromatic nitrogens is 2. The Morgan fingerprint density at radius 2 is 2.16 bits per heavy atom. The van der Waals surface area contributed by atoms with Crippen molar-refractivity contribution in [1.82, 2.24) is 14.9 Å². The van der Waals surface area contributed by atoms with Gasteiger partial charge in [0, 0.05) is 36.9 Å². The lowest BCUT2D eigenvalue weighted by molar-refractivity contribution is 0.112. The van der Waals surface area contributed by atoms with E-state index in [4.69, 9.17) is 0 Å². The summed E-state index contributed by atoms with van der Waals surface area (Å²) in [5, 5.41) is 4.34. The van der Waals surface area contributed by atoms with Gasteiger partial charge in [0.2, 0.25) is 0 Å². The molecule has 1 saturated heterocycles. The number of pyridine rings is 1. The number of hydrogen-bond acceptors (Lipinski definition) is 4. The Bertz CT molecular complexity index is 867. The van der Waals surface area contributed by atoms with Crippen LogP contribution in [0.1, 0.15) is 23.2 Å². The Morgan fingerprint density at radius 1 is 1.20 bits per heavy atom. The molecule has 0 bridgehead atoms. The summed E-state index contributed by atoms with van der Waals surface area (Å²) in [5.41, 5.74) is 2.60. The van der Waals surface area contributed by atoms with Gasteiger partial charge < -0.3 is 10.2 Å². The highest BCUT2D eigenvalue weighted by Crippen LogP contribution is 2.34. The van der Waals surface area contributed by atoms with Crippen LogP contribution >= 0.6 is 0 Å². The first-order valence-corrected chi connectivity index (χ1v) is 8.84. The van der Waals surface area contributed by atoms with Crippen molar-refractivity contribution in [2.24, 2.45) is 0 Å². The Labute approximate surface area is 147 Å². The molecule has 2 aromatic heterocycles. The molecule has 1 aliphatic carbocycles. The van der Waals surface area contributed by atoms with E-state index in [-0.39, 0.29) is 0 Å². The fraction of sp³-hybridized carbons (Fsp3) is 0.300. The molecule has 25 heavy (non-hydrogen) atoms. The number of nitrogens with zero attached hydrogens (tertiary/aromatic N) is 3. The third-order valence-corrected chi connectivity index (χ3v) is 4.72. The van der Waals surface area contributed by atoms with Crippen LogP contribution in [0.3, 0.4) is 0 Å². The summed E-state index contributed by atoms with van der Waals surface area (Å²) in [5.74, 6) is 0.957. The van der Waals surface area contributed by atoms with Gasteiger partial charge in [-0.25, -0.2) is 4.98 Å². The van der Waals surface area contributed by atoms with Crippen LogP contribution in [0, 0.1) is 0 Å². The number of hydrogen-bond donors (Lipinski definition) is 1. The molecule has 0 aromatic carbocycles. The monoisotopic (exact) mass is 334 g/mol. The molecular weight excluding hydrogens is 312 g/mol. The molecule has 3 heterocycles. The normalized spacial score (nSPS) is 18.1. The van der Waals surface area contributed by atoms with Crippen LogP contribution in [0.5, 0.6) is 0 Å². The molecule has 5 heteroatoms. The van der Waals surface area contributed by atoms with Gasteiger partial charge in [-0.15, -0.1) is 0 Å². The van der Waals surface area contributed by atoms with E-state index >= 15 is 0 Å². The fourth-order valence-corrected chi connectivity index (χ4v) is 3.57. The molecule has 0 atom stereocenters. The van der Waals surface area contributed by atoms with Crippen LogP contribution in [0.4, 0.5) is 5.82 Å². The lowest BCUT2D eigenvalue weighted by atomic mass is 10.2. The van der Waals surface area contributed by atoms with Gasteiger partial charge >= 0.3 is 0 Å². The number of aldehydes is 1. The zero-order valence-corrected chi connectivity index (χ0v) is 14.2. The Hall–Kier alpha value is -2.66. The number of rotatable bonds is 3. The van der Waals surface area contributed by atoms with E-state index in [1.54, 1.807) is 6.20 Å². The third kappa shape index (κ3) is 2.91. The lowest BCUT2D eigenvalue weighted by Crippen LogP contribution is -2.30. The number of carbonyl (C=O) groups excluding carboxylic acids is 1. The minimum Gasteiger partial charge on any atom is -0.356 e. The van der Waals surface area contributed by atoms with Crippen molar-refractivity contribution in [3.63, 3.8) is 0 Å². The number of fused-ring (bicyclic) bond motifs is 1. The minimum absolute atomic E-state index is 0.729. The Morgan fingerprint density at radius 3 is 3.08 bits per heavy atom. The summed E-state index contributed by atoms with van der Waals surface area (Å²) in [4.78, 5) is 18.9. The molecule has 0 radical (unpaired) electrons. The molecular formula is C20H22N4O. The highest BCUT2D eigenvalue weighted by Gasteiger charge is 2.24. The molecule has 1 N–H and O–H groups in total. The molecule has 2 aromatic rings. The maximum Gasteiger partial charge on any atom is 0.154 e. The fourth-order valence-electron chi connectivity index (χ4n) is 3.57. The molecule has 0 amide bonds. The predicted octanol–water partition coefficient (Wildman–Crippen LogP) is 3.01. The van der Waals surface area contributed by atoms with Gasteiger partial charge in [-0.1, -0.05) is 18.2 Å². The van der Waals surface area contributed by atoms with Gasteiger partial charge in [-0.2, -0.15) is 0 Å². The molecule has 0 unspecified atom stereocenters.